The number of nitrogen functional groups attached to an aromatic ring is 1. The minimum absolute atomic E-state index is 0.214. The SMILES string of the molecule is Nc1ccc(OP(=O)(O)Oc2ccccc2)cc1. The molecule has 0 spiro atoms. The molecule has 0 saturated heterocycles. The quantitative estimate of drug-likeness (QED) is 0.656. The zero-order valence-electron chi connectivity index (χ0n) is 9.39. The fraction of sp³-hybridized carbons (Fsp3) is 0. The van der Waals surface area contributed by atoms with Gasteiger partial charge in [-0.1, -0.05) is 18.2 Å². The first-order chi connectivity index (χ1) is 8.55. The molecule has 0 aliphatic rings. The molecule has 0 heterocycles. The second kappa shape index (κ2) is 5.12. The maximum absolute atomic E-state index is 11.7. The zero-order chi connectivity index (χ0) is 13.0. The number of para-hydroxylation sites is 1. The highest BCUT2D eigenvalue weighted by Gasteiger charge is 2.24. The summed E-state index contributed by atoms with van der Waals surface area (Å²) >= 11 is 0. The predicted molar refractivity (Wildman–Crippen MR) is 68.4 cm³/mol. The molecule has 3 N–H and O–H groups in total. The molecule has 0 saturated carbocycles. The van der Waals surface area contributed by atoms with Crippen LogP contribution in [0.3, 0.4) is 0 Å². The first-order valence-electron chi connectivity index (χ1n) is 5.18. The van der Waals surface area contributed by atoms with Gasteiger partial charge in [0, 0.05) is 5.69 Å². The number of rotatable bonds is 4. The van der Waals surface area contributed by atoms with Crippen molar-refractivity contribution in [1.82, 2.24) is 0 Å². The molecule has 1 unspecified atom stereocenters. The van der Waals surface area contributed by atoms with Crippen LogP contribution in [-0.4, -0.2) is 4.89 Å². The molecule has 0 amide bonds. The van der Waals surface area contributed by atoms with Crippen LogP contribution >= 0.6 is 7.82 Å². The minimum atomic E-state index is -4.19. The molecule has 94 valence electrons. The van der Waals surface area contributed by atoms with Crippen molar-refractivity contribution in [1.29, 1.82) is 0 Å². The van der Waals surface area contributed by atoms with E-state index in [0.29, 0.717) is 5.69 Å². The summed E-state index contributed by atoms with van der Waals surface area (Å²) in [5.41, 5.74) is 6.04. The van der Waals surface area contributed by atoms with E-state index in [4.69, 9.17) is 14.8 Å². The van der Waals surface area contributed by atoms with Crippen LogP contribution in [0.15, 0.2) is 54.6 Å². The van der Waals surface area contributed by atoms with Crippen LogP contribution in [0.4, 0.5) is 5.69 Å². The Bertz CT molecular complexity index is 556. The van der Waals surface area contributed by atoms with Crippen LogP contribution in [0.5, 0.6) is 11.5 Å². The summed E-state index contributed by atoms with van der Waals surface area (Å²) in [4.78, 5) is 9.57. The predicted octanol–water partition coefficient (Wildman–Crippen LogP) is 2.83. The van der Waals surface area contributed by atoms with E-state index in [1.165, 1.54) is 12.1 Å². The fourth-order valence-electron chi connectivity index (χ4n) is 1.30. The van der Waals surface area contributed by atoms with Crippen LogP contribution in [0.2, 0.25) is 0 Å². The van der Waals surface area contributed by atoms with Crippen molar-refractivity contribution in [2.75, 3.05) is 5.73 Å². The van der Waals surface area contributed by atoms with Gasteiger partial charge in [-0.25, -0.2) is 4.57 Å². The van der Waals surface area contributed by atoms with Gasteiger partial charge in [-0.2, -0.15) is 0 Å². The molecular formula is C12H12NO4P. The maximum Gasteiger partial charge on any atom is 0.584 e. The van der Waals surface area contributed by atoms with E-state index < -0.39 is 7.82 Å². The van der Waals surface area contributed by atoms with Crippen molar-refractivity contribution >= 4 is 13.5 Å². The lowest BCUT2D eigenvalue weighted by molar-refractivity contribution is 0.291. The first kappa shape index (κ1) is 12.5. The average Bonchev–Trinajstić information content (AvgIpc) is 2.32. The highest BCUT2D eigenvalue weighted by molar-refractivity contribution is 7.48. The van der Waals surface area contributed by atoms with Gasteiger partial charge < -0.3 is 14.8 Å². The van der Waals surface area contributed by atoms with E-state index in [2.05, 4.69) is 0 Å². The van der Waals surface area contributed by atoms with Gasteiger partial charge in [0.15, 0.2) is 0 Å². The normalized spacial score (nSPS) is 13.6. The number of hydrogen-bond acceptors (Lipinski definition) is 4. The van der Waals surface area contributed by atoms with Crippen LogP contribution in [0.25, 0.3) is 0 Å². The molecule has 1 atom stereocenters. The lowest BCUT2D eigenvalue weighted by Gasteiger charge is -2.13. The Morgan fingerprint density at radius 2 is 1.39 bits per heavy atom. The smallest absolute Gasteiger partial charge is 0.399 e. The molecule has 0 radical (unpaired) electrons. The molecule has 2 rings (SSSR count). The van der Waals surface area contributed by atoms with Gasteiger partial charge in [-0.05, 0) is 36.4 Å². The molecule has 2 aromatic rings. The summed E-state index contributed by atoms with van der Waals surface area (Å²) in [6.07, 6.45) is 0. The van der Waals surface area contributed by atoms with Crippen LogP contribution in [0, 0.1) is 0 Å². The van der Waals surface area contributed by atoms with E-state index in [9.17, 15) is 9.46 Å². The summed E-state index contributed by atoms with van der Waals surface area (Å²) in [6, 6.07) is 14.4. The molecule has 5 nitrogen and oxygen atoms in total. The third kappa shape index (κ3) is 3.52. The van der Waals surface area contributed by atoms with Crippen molar-refractivity contribution < 1.29 is 18.5 Å². The number of benzene rings is 2. The first-order valence-corrected chi connectivity index (χ1v) is 6.67. The molecule has 0 fully saturated rings. The van der Waals surface area contributed by atoms with Crippen molar-refractivity contribution in [2.45, 2.75) is 0 Å². The van der Waals surface area contributed by atoms with Gasteiger partial charge in [0.25, 0.3) is 0 Å². The molecule has 0 bridgehead atoms. The van der Waals surface area contributed by atoms with Crippen molar-refractivity contribution in [3.63, 3.8) is 0 Å². The molecule has 0 aliphatic heterocycles. The van der Waals surface area contributed by atoms with E-state index >= 15 is 0 Å². The van der Waals surface area contributed by atoms with Gasteiger partial charge in [-0.15, -0.1) is 0 Å². The number of nitrogens with two attached hydrogens (primary N) is 1. The van der Waals surface area contributed by atoms with Crippen LogP contribution < -0.4 is 14.8 Å². The standard InChI is InChI=1S/C12H12NO4P/c13-10-6-8-12(9-7-10)17-18(14,15)16-11-4-2-1-3-5-11/h1-9H,13H2,(H,14,15). The number of hydrogen-bond donors (Lipinski definition) is 2. The molecular weight excluding hydrogens is 253 g/mol. The Morgan fingerprint density at radius 1 is 0.889 bits per heavy atom. The Balaban J connectivity index is 2.08. The molecule has 2 aromatic carbocycles. The minimum Gasteiger partial charge on any atom is -0.399 e. The average molecular weight is 265 g/mol. The third-order valence-corrected chi connectivity index (χ3v) is 2.95. The lowest BCUT2D eigenvalue weighted by atomic mass is 10.3. The van der Waals surface area contributed by atoms with Gasteiger partial charge in [0.05, 0.1) is 0 Å². The Labute approximate surface area is 104 Å². The molecule has 0 aliphatic carbocycles. The molecule has 18 heavy (non-hydrogen) atoms. The molecule has 0 aromatic heterocycles. The summed E-state index contributed by atoms with van der Waals surface area (Å²) in [5.74, 6) is 0.477. The Morgan fingerprint density at radius 3 is 1.94 bits per heavy atom. The Hall–Kier alpha value is -1.97. The highest BCUT2D eigenvalue weighted by Crippen LogP contribution is 2.44. The lowest BCUT2D eigenvalue weighted by Crippen LogP contribution is -1.99. The van der Waals surface area contributed by atoms with Crippen molar-refractivity contribution in [2.24, 2.45) is 0 Å². The van der Waals surface area contributed by atoms with Gasteiger partial charge in [-0.3, -0.25) is 4.89 Å². The maximum atomic E-state index is 11.7. The van der Waals surface area contributed by atoms with Gasteiger partial charge >= 0.3 is 7.82 Å². The zero-order valence-corrected chi connectivity index (χ0v) is 10.3. The topological polar surface area (TPSA) is 81.8 Å². The van der Waals surface area contributed by atoms with Crippen molar-refractivity contribution in [3.8, 4) is 11.5 Å². The fourth-order valence-corrected chi connectivity index (χ4v) is 2.11. The van der Waals surface area contributed by atoms with Gasteiger partial charge in [0.1, 0.15) is 11.5 Å². The van der Waals surface area contributed by atoms with Crippen LogP contribution in [0.1, 0.15) is 0 Å². The van der Waals surface area contributed by atoms with E-state index in [1.54, 1.807) is 42.5 Å². The number of anilines is 1. The summed E-state index contributed by atoms with van der Waals surface area (Å²) < 4.78 is 21.5. The second-order valence-corrected chi connectivity index (χ2v) is 4.84. The monoisotopic (exact) mass is 265 g/mol. The summed E-state index contributed by atoms with van der Waals surface area (Å²) in [6.45, 7) is 0. The van der Waals surface area contributed by atoms with Crippen LogP contribution in [-0.2, 0) is 4.57 Å². The van der Waals surface area contributed by atoms with E-state index in [0.717, 1.165) is 0 Å². The Kier molecular flexibility index (Phi) is 3.55. The number of phosphoric acid groups is 1. The second-order valence-electron chi connectivity index (χ2n) is 3.53. The van der Waals surface area contributed by atoms with E-state index in [1.807, 2.05) is 0 Å². The largest absolute Gasteiger partial charge is 0.584 e. The number of phosphoric ester groups is 1. The third-order valence-electron chi connectivity index (χ3n) is 2.06. The van der Waals surface area contributed by atoms with E-state index in [-0.39, 0.29) is 11.5 Å². The summed E-state index contributed by atoms with van der Waals surface area (Å²) in [7, 11) is -4.19. The van der Waals surface area contributed by atoms with Crippen molar-refractivity contribution in [3.05, 3.63) is 54.6 Å². The van der Waals surface area contributed by atoms with Gasteiger partial charge in [0.2, 0.25) is 0 Å². The summed E-state index contributed by atoms with van der Waals surface area (Å²) in [5, 5.41) is 0. The highest BCUT2D eigenvalue weighted by atomic mass is 31.2. The molecule has 6 heteroatoms.